The maximum Gasteiger partial charge on any atom is 0.167 e. The Kier molecular flexibility index (Phi) is 4.91. The average molecular weight is 328 g/mol. The van der Waals surface area contributed by atoms with E-state index in [2.05, 4.69) is 41.8 Å². The molecule has 1 aliphatic carbocycles. The van der Waals surface area contributed by atoms with Gasteiger partial charge in [0.2, 0.25) is 0 Å². The first-order chi connectivity index (χ1) is 11.2. The molecule has 1 saturated carbocycles. The number of hydrogen-bond acceptors (Lipinski definition) is 1. The standard InChI is InChI=1S/C19H21FN2S/c1-2-13-6-8-14(9-7-13)18(15-4-3-5-16(20)12-15)22-19(23)21-17-10-11-17/h3-9,12,17-18H,2,10-11H2,1H3,(H2,21,22,23)/t18-/m1/s1. The van der Waals surface area contributed by atoms with E-state index in [9.17, 15) is 4.39 Å². The summed E-state index contributed by atoms with van der Waals surface area (Å²) in [5.41, 5.74) is 3.23. The van der Waals surface area contributed by atoms with Gasteiger partial charge in [-0.1, -0.05) is 43.3 Å². The fraction of sp³-hybridized carbons (Fsp3) is 0.316. The smallest absolute Gasteiger partial charge is 0.167 e. The highest BCUT2D eigenvalue weighted by atomic mass is 32.1. The molecule has 2 nitrogen and oxygen atoms in total. The third-order valence-electron chi connectivity index (χ3n) is 4.09. The van der Waals surface area contributed by atoms with E-state index < -0.39 is 0 Å². The predicted octanol–water partition coefficient (Wildman–Crippen LogP) is 4.10. The lowest BCUT2D eigenvalue weighted by Gasteiger charge is -2.22. The van der Waals surface area contributed by atoms with Crippen LogP contribution in [0.25, 0.3) is 0 Å². The normalized spacial score (nSPS) is 15.0. The molecule has 0 radical (unpaired) electrons. The molecule has 23 heavy (non-hydrogen) atoms. The van der Waals surface area contributed by atoms with Gasteiger partial charge in [-0.2, -0.15) is 0 Å². The van der Waals surface area contributed by atoms with Gasteiger partial charge >= 0.3 is 0 Å². The topological polar surface area (TPSA) is 24.1 Å². The van der Waals surface area contributed by atoms with Crippen LogP contribution in [0.5, 0.6) is 0 Å². The molecule has 2 aromatic carbocycles. The van der Waals surface area contributed by atoms with Gasteiger partial charge in [0.25, 0.3) is 0 Å². The Hall–Kier alpha value is -1.94. The molecule has 0 amide bonds. The number of rotatable bonds is 5. The minimum absolute atomic E-state index is 0.157. The molecule has 1 aliphatic rings. The van der Waals surface area contributed by atoms with Crippen molar-refractivity contribution >= 4 is 17.3 Å². The number of thiocarbonyl (C=S) groups is 1. The molecule has 3 rings (SSSR count). The molecule has 0 spiro atoms. The first kappa shape index (κ1) is 15.9. The van der Waals surface area contributed by atoms with Gasteiger partial charge in [-0.05, 0) is 60.3 Å². The second-order valence-electron chi connectivity index (χ2n) is 5.98. The molecule has 4 heteroatoms. The second-order valence-corrected chi connectivity index (χ2v) is 6.38. The van der Waals surface area contributed by atoms with Crippen LogP contribution in [0.3, 0.4) is 0 Å². The summed E-state index contributed by atoms with van der Waals surface area (Å²) in [6.07, 6.45) is 3.33. The SMILES string of the molecule is CCc1ccc([C@@H](NC(=S)NC2CC2)c2cccc(F)c2)cc1. The summed E-state index contributed by atoms with van der Waals surface area (Å²) in [5, 5.41) is 7.25. The van der Waals surface area contributed by atoms with E-state index >= 15 is 0 Å². The first-order valence-electron chi connectivity index (χ1n) is 8.07. The highest BCUT2D eigenvalue weighted by molar-refractivity contribution is 7.80. The Morgan fingerprint density at radius 3 is 2.52 bits per heavy atom. The zero-order valence-corrected chi connectivity index (χ0v) is 14.0. The molecule has 2 aromatic rings. The molecule has 0 bridgehead atoms. The monoisotopic (exact) mass is 328 g/mol. The molecule has 0 unspecified atom stereocenters. The minimum Gasteiger partial charge on any atom is -0.360 e. The summed E-state index contributed by atoms with van der Waals surface area (Å²) in [7, 11) is 0. The van der Waals surface area contributed by atoms with Gasteiger partial charge in [-0.25, -0.2) is 4.39 Å². The zero-order valence-electron chi connectivity index (χ0n) is 13.2. The lowest BCUT2D eigenvalue weighted by molar-refractivity contribution is 0.620. The average Bonchev–Trinajstić information content (AvgIpc) is 3.37. The van der Waals surface area contributed by atoms with E-state index in [-0.39, 0.29) is 11.9 Å². The Balaban J connectivity index is 1.86. The van der Waals surface area contributed by atoms with Crippen molar-refractivity contribution in [1.82, 2.24) is 10.6 Å². The van der Waals surface area contributed by atoms with Crippen LogP contribution < -0.4 is 10.6 Å². The van der Waals surface area contributed by atoms with E-state index in [0.717, 1.165) is 30.4 Å². The lowest BCUT2D eigenvalue weighted by Crippen LogP contribution is -2.39. The van der Waals surface area contributed by atoms with Crippen LogP contribution in [0.1, 0.15) is 42.5 Å². The molecule has 0 aromatic heterocycles. The van der Waals surface area contributed by atoms with Gasteiger partial charge in [0, 0.05) is 6.04 Å². The Morgan fingerprint density at radius 1 is 1.17 bits per heavy atom. The van der Waals surface area contributed by atoms with E-state index in [4.69, 9.17) is 12.2 Å². The van der Waals surface area contributed by atoms with Crippen LogP contribution in [-0.4, -0.2) is 11.2 Å². The Bertz CT molecular complexity index is 680. The number of halogens is 1. The number of nitrogens with one attached hydrogen (secondary N) is 2. The lowest BCUT2D eigenvalue weighted by atomic mass is 9.97. The highest BCUT2D eigenvalue weighted by Gasteiger charge is 2.23. The molecule has 120 valence electrons. The van der Waals surface area contributed by atoms with Crippen LogP contribution in [0.2, 0.25) is 0 Å². The summed E-state index contributed by atoms with van der Waals surface area (Å²) in [4.78, 5) is 0. The predicted molar refractivity (Wildman–Crippen MR) is 96.0 cm³/mol. The quantitative estimate of drug-likeness (QED) is 0.808. The number of benzene rings is 2. The van der Waals surface area contributed by atoms with Crippen molar-refractivity contribution in [2.24, 2.45) is 0 Å². The van der Waals surface area contributed by atoms with Crippen molar-refractivity contribution in [2.45, 2.75) is 38.3 Å². The summed E-state index contributed by atoms with van der Waals surface area (Å²) in [6.45, 7) is 2.13. The van der Waals surface area contributed by atoms with Crippen molar-refractivity contribution in [3.63, 3.8) is 0 Å². The minimum atomic E-state index is -0.236. The molecule has 1 fully saturated rings. The summed E-state index contributed by atoms with van der Waals surface area (Å²) in [5.74, 6) is -0.236. The number of hydrogen-bond donors (Lipinski definition) is 2. The zero-order chi connectivity index (χ0) is 16.2. The molecule has 1 atom stereocenters. The Morgan fingerprint density at radius 2 is 1.91 bits per heavy atom. The molecule has 0 heterocycles. The highest BCUT2D eigenvalue weighted by Crippen LogP contribution is 2.24. The van der Waals surface area contributed by atoms with Gasteiger partial charge in [-0.3, -0.25) is 0 Å². The Labute approximate surface area is 142 Å². The largest absolute Gasteiger partial charge is 0.360 e. The molecule has 0 saturated heterocycles. The van der Waals surface area contributed by atoms with Crippen molar-refractivity contribution in [3.05, 3.63) is 71.0 Å². The third-order valence-corrected chi connectivity index (χ3v) is 4.33. The van der Waals surface area contributed by atoms with Crippen LogP contribution in [0.15, 0.2) is 48.5 Å². The third kappa shape index (κ3) is 4.29. The molecule has 0 aliphatic heterocycles. The molecular formula is C19H21FN2S. The fourth-order valence-electron chi connectivity index (χ4n) is 2.58. The van der Waals surface area contributed by atoms with Crippen molar-refractivity contribution in [2.75, 3.05) is 0 Å². The molecule has 2 N–H and O–H groups in total. The maximum atomic E-state index is 13.6. The molecular weight excluding hydrogens is 307 g/mol. The van der Waals surface area contributed by atoms with Crippen molar-refractivity contribution < 1.29 is 4.39 Å². The van der Waals surface area contributed by atoms with Crippen LogP contribution in [0, 0.1) is 5.82 Å². The van der Waals surface area contributed by atoms with E-state index in [1.807, 2.05) is 6.07 Å². The fourth-order valence-corrected chi connectivity index (χ4v) is 2.86. The first-order valence-corrected chi connectivity index (χ1v) is 8.48. The van der Waals surface area contributed by atoms with Gasteiger partial charge in [0.15, 0.2) is 5.11 Å². The van der Waals surface area contributed by atoms with E-state index in [0.29, 0.717) is 11.2 Å². The van der Waals surface area contributed by atoms with E-state index in [1.54, 1.807) is 12.1 Å². The number of aryl methyl sites for hydroxylation is 1. The second kappa shape index (κ2) is 7.09. The summed E-state index contributed by atoms with van der Waals surface area (Å²) >= 11 is 5.41. The van der Waals surface area contributed by atoms with Crippen LogP contribution >= 0.6 is 12.2 Å². The summed E-state index contributed by atoms with van der Waals surface area (Å²) < 4.78 is 13.6. The van der Waals surface area contributed by atoms with Crippen LogP contribution in [0.4, 0.5) is 4.39 Å². The van der Waals surface area contributed by atoms with Crippen molar-refractivity contribution in [3.8, 4) is 0 Å². The van der Waals surface area contributed by atoms with E-state index in [1.165, 1.54) is 11.6 Å². The van der Waals surface area contributed by atoms with Crippen LogP contribution in [-0.2, 0) is 6.42 Å². The summed E-state index contributed by atoms with van der Waals surface area (Å²) in [6, 6.07) is 15.4. The van der Waals surface area contributed by atoms with Gasteiger partial charge in [0.1, 0.15) is 5.82 Å². The van der Waals surface area contributed by atoms with Gasteiger partial charge < -0.3 is 10.6 Å². The maximum absolute atomic E-state index is 13.6. The van der Waals surface area contributed by atoms with Gasteiger partial charge in [0.05, 0.1) is 6.04 Å². The van der Waals surface area contributed by atoms with Gasteiger partial charge in [-0.15, -0.1) is 0 Å². The van der Waals surface area contributed by atoms with Crippen molar-refractivity contribution in [1.29, 1.82) is 0 Å².